The van der Waals surface area contributed by atoms with E-state index in [1.807, 2.05) is 0 Å². The van der Waals surface area contributed by atoms with Crippen LogP contribution in [0.3, 0.4) is 0 Å². The third-order valence-corrected chi connectivity index (χ3v) is 11.6. The lowest BCUT2D eigenvalue weighted by molar-refractivity contribution is -0.161. The summed E-state index contributed by atoms with van der Waals surface area (Å²) in [6.45, 7) is 3.66. The van der Waals surface area contributed by atoms with E-state index in [9.17, 15) is 19.0 Å². The molecule has 0 radical (unpaired) electrons. The number of nitrogens with two attached hydrogens (primary N) is 1. The van der Waals surface area contributed by atoms with Gasteiger partial charge < -0.3 is 20.1 Å². The number of allylic oxidation sites excluding steroid dienone is 2. The van der Waals surface area contributed by atoms with Crippen molar-refractivity contribution < 1.29 is 37.6 Å². The first-order valence-electron chi connectivity index (χ1n) is 24.2. The Balaban J connectivity index is 3.71. The van der Waals surface area contributed by atoms with E-state index in [1.54, 1.807) is 0 Å². The molecule has 10 heteroatoms. The highest BCUT2D eigenvalue weighted by molar-refractivity contribution is 7.47. The highest BCUT2D eigenvalue weighted by atomic mass is 31.2. The van der Waals surface area contributed by atoms with Gasteiger partial charge in [0.1, 0.15) is 6.61 Å². The first-order valence-corrected chi connectivity index (χ1v) is 25.7. The Hall–Kier alpha value is -1.25. The number of phosphoric ester groups is 1. The van der Waals surface area contributed by atoms with E-state index in [0.29, 0.717) is 6.42 Å². The van der Waals surface area contributed by atoms with Crippen LogP contribution in [0.2, 0.25) is 0 Å². The minimum Gasteiger partial charge on any atom is -0.462 e. The van der Waals surface area contributed by atoms with Crippen molar-refractivity contribution in [3.05, 3.63) is 12.2 Å². The minimum atomic E-state index is -4.36. The summed E-state index contributed by atoms with van der Waals surface area (Å²) in [6, 6.07) is 0. The second-order valence-corrected chi connectivity index (χ2v) is 17.8. The van der Waals surface area contributed by atoms with E-state index in [1.165, 1.54) is 167 Å². The van der Waals surface area contributed by atoms with E-state index < -0.39 is 26.5 Å². The second kappa shape index (κ2) is 44.3. The molecular formula is C47H92NO8P. The summed E-state index contributed by atoms with van der Waals surface area (Å²) in [5.41, 5.74) is 5.33. The predicted molar refractivity (Wildman–Crippen MR) is 238 cm³/mol. The molecule has 0 aliphatic heterocycles. The standard InChI is InChI=1S/C47H92NO8P/c1-3-5-7-9-10-11-12-13-14-15-16-17-18-19-20-21-22-23-24-25-26-27-28-29-30-31-32-33-34-36-38-40-47(50)56-45(44-55-57(51,52)54-42-41-48)43-53-46(49)39-37-35-8-6-4-2/h15-16,45H,3-14,17-44,48H2,1-2H3,(H,51,52)/b16-15-. The predicted octanol–water partition coefficient (Wildman–Crippen LogP) is 14.2. The van der Waals surface area contributed by atoms with Crippen LogP contribution in [-0.4, -0.2) is 49.3 Å². The Morgan fingerprint density at radius 2 is 0.860 bits per heavy atom. The van der Waals surface area contributed by atoms with Gasteiger partial charge >= 0.3 is 19.8 Å². The zero-order chi connectivity index (χ0) is 41.8. The molecule has 0 aromatic rings. The highest BCUT2D eigenvalue weighted by Crippen LogP contribution is 2.43. The number of hydrogen-bond acceptors (Lipinski definition) is 8. The molecule has 338 valence electrons. The number of carbonyl (C=O) groups is 2. The summed E-state index contributed by atoms with van der Waals surface area (Å²) in [4.78, 5) is 34.5. The maximum Gasteiger partial charge on any atom is 0.472 e. The monoisotopic (exact) mass is 830 g/mol. The lowest BCUT2D eigenvalue weighted by atomic mass is 10.0. The Kier molecular flexibility index (Phi) is 43.3. The van der Waals surface area contributed by atoms with Crippen LogP contribution >= 0.6 is 7.82 Å². The molecule has 57 heavy (non-hydrogen) atoms. The maximum absolute atomic E-state index is 12.5. The van der Waals surface area contributed by atoms with Crippen LogP contribution in [-0.2, 0) is 32.7 Å². The largest absolute Gasteiger partial charge is 0.472 e. The third kappa shape index (κ3) is 44.1. The molecule has 2 unspecified atom stereocenters. The van der Waals surface area contributed by atoms with Crippen molar-refractivity contribution in [3.63, 3.8) is 0 Å². The molecule has 0 saturated carbocycles. The molecule has 0 aliphatic carbocycles. The Bertz CT molecular complexity index is 948. The smallest absolute Gasteiger partial charge is 0.462 e. The fourth-order valence-electron chi connectivity index (χ4n) is 7.04. The summed E-state index contributed by atoms with van der Waals surface area (Å²) < 4.78 is 32.6. The van der Waals surface area contributed by atoms with Crippen LogP contribution in [0.4, 0.5) is 0 Å². The molecule has 2 atom stereocenters. The average molecular weight is 830 g/mol. The van der Waals surface area contributed by atoms with Gasteiger partial charge in [0, 0.05) is 19.4 Å². The van der Waals surface area contributed by atoms with Gasteiger partial charge in [-0.2, -0.15) is 0 Å². The molecule has 9 nitrogen and oxygen atoms in total. The highest BCUT2D eigenvalue weighted by Gasteiger charge is 2.26. The van der Waals surface area contributed by atoms with Crippen molar-refractivity contribution in [3.8, 4) is 0 Å². The number of unbranched alkanes of at least 4 members (excludes halogenated alkanes) is 31. The minimum absolute atomic E-state index is 0.0564. The van der Waals surface area contributed by atoms with Crippen molar-refractivity contribution in [2.75, 3.05) is 26.4 Å². The molecule has 0 spiro atoms. The number of phosphoric acid groups is 1. The molecule has 0 aliphatic rings. The van der Waals surface area contributed by atoms with Crippen LogP contribution in [0.15, 0.2) is 12.2 Å². The van der Waals surface area contributed by atoms with Crippen molar-refractivity contribution in [1.29, 1.82) is 0 Å². The number of carbonyl (C=O) groups excluding carboxylic acids is 2. The van der Waals surface area contributed by atoms with E-state index in [4.69, 9.17) is 24.3 Å². The molecule has 0 fully saturated rings. The van der Waals surface area contributed by atoms with Gasteiger partial charge in [-0.05, 0) is 38.5 Å². The Morgan fingerprint density at radius 1 is 0.509 bits per heavy atom. The first-order chi connectivity index (χ1) is 27.8. The summed E-state index contributed by atoms with van der Waals surface area (Å²) in [5.74, 6) is -0.831. The number of hydrogen-bond donors (Lipinski definition) is 2. The molecule has 0 heterocycles. The summed E-state index contributed by atoms with van der Waals surface area (Å²) >= 11 is 0. The van der Waals surface area contributed by atoms with Crippen LogP contribution in [0.1, 0.15) is 245 Å². The molecule has 0 saturated heterocycles. The second-order valence-electron chi connectivity index (χ2n) is 16.3. The molecule has 0 aromatic carbocycles. The molecule has 0 rings (SSSR count). The molecule has 0 amide bonds. The Labute approximate surface area is 351 Å². The van der Waals surface area contributed by atoms with Gasteiger partial charge in [-0.25, -0.2) is 4.57 Å². The lowest BCUT2D eigenvalue weighted by Gasteiger charge is -2.19. The Morgan fingerprint density at radius 3 is 1.25 bits per heavy atom. The molecule has 0 aromatic heterocycles. The van der Waals surface area contributed by atoms with Gasteiger partial charge in [0.25, 0.3) is 0 Å². The van der Waals surface area contributed by atoms with E-state index in [-0.39, 0.29) is 38.6 Å². The normalized spacial score (nSPS) is 13.3. The van der Waals surface area contributed by atoms with Gasteiger partial charge in [-0.1, -0.05) is 206 Å². The van der Waals surface area contributed by atoms with Crippen molar-refractivity contribution in [1.82, 2.24) is 0 Å². The quantitative estimate of drug-likeness (QED) is 0.0266. The van der Waals surface area contributed by atoms with Gasteiger partial charge in [0.2, 0.25) is 0 Å². The van der Waals surface area contributed by atoms with Crippen molar-refractivity contribution in [2.24, 2.45) is 5.73 Å². The SMILES string of the molecule is CCCCCCCCCC/C=C\CCCCCCCCCCCCCCCCCCCCCC(=O)OC(COC(=O)CCCCCCC)COP(=O)(O)OCCN. The lowest BCUT2D eigenvalue weighted by Crippen LogP contribution is -2.29. The number of rotatable bonds is 46. The number of ether oxygens (including phenoxy) is 2. The van der Waals surface area contributed by atoms with E-state index >= 15 is 0 Å². The molecular weight excluding hydrogens is 737 g/mol. The average Bonchev–Trinajstić information content (AvgIpc) is 3.20. The van der Waals surface area contributed by atoms with Crippen LogP contribution in [0.25, 0.3) is 0 Å². The van der Waals surface area contributed by atoms with Gasteiger partial charge in [-0.15, -0.1) is 0 Å². The zero-order valence-corrected chi connectivity index (χ0v) is 38.2. The van der Waals surface area contributed by atoms with Crippen LogP contribution < -0.4 is 5.73 Å². The van der Waals surface area contributed by atoms with E-state index in [0.717, 1.165) is 44.9 Å². The van der Waals surface area contributed by atoms with Crippen molar-refractivity contribution >= 4 is 19.8 Å². The van der Waals surface area contributed by atoms with E-state index in [2.05, 4.69) is 26.0 Å². The van der Waals surface area contributed by atoms with Crippen LogP contribution in [0, 0.1) is 0 Å². The van der Waals surface area contributed by atoms with Crippen LogP contribution in [0.5, 0.6) is 0 Å². The first kappa shape index (κ1) is 55.8. The summed E-state index contributed by atoms with van der Waals surface area (Å²) in [6.07, 6.45) is 47.6. The molecule has 3 N–H and O–H groups in total. The fraction of sp³-hybridized carbons (Fsp3) is 0.915. The maximum atomic E-state index is 12.5. The number of esters is 2. The zero-order valence-electron chi connectivity index (χ0n) is 37.3. The van der Waals surface area contributed by atoms with Crippen molar-refractivity contribution in [2.45, 2.75) is 251 Å². The van der Waals surface area contributed by atoms with Gasteiger partial charge in [-0.3, -0.25) is 18.6 Å². The third-order valence-electron chi connectivity index (χ3n) is 10.7. The van der Waals surface area contributed by atoms with Gasteiger partial charge in [0.15, 0.2) is 6.10 Å². The fourth-order valence-corrected chi connectivity index (χ4v) is 7.81. The topological polar surface area (TPSA) is 134 Å². The summed E-state index contributed by atoms with van der Waals surface area (Å²) in [7, 11) is -4.36. The van der Waals surface area contributed by atoms with Gasteiger partial charge in [0.05, 0.1) is 13.2 Å². The molecule has 0 bridgehead atoms. The summed E-state index contributed by atoms with van der Waals surface area (Å²) in [5, 5.41) is 0.